The molecule has 4 rings (SSSR count). The lowest BCUT2D eigenvalue weighted by Gasteiger charge is -2.25. The Morgan fingerprint density at radius 2 is 1.91 bits per heavy atom. The Labute approximate surface area is 204 Å². The third-order valence-electron chi connectivity index (χ3n) is 6.06. The molecule has 0 aliphatic carbocycles. The fourth-order valence-electron chi connectivity index (χ4n) is 4.39. The van der Waals surface area contributed by atoms with Crippen LogP contribution in [0.4, 0.5) is 0 Å². The molecular weight excluding hydrogens is 446 g/mol. The van der Waals surface area contributed by atoms with Crippen molar-refractivity contribution in [3.05, 3.63) is 88.9 Å². The van der Waals surface area contributed by atoms with Gasteiger partial charge in [0, 0.05) is 5.56 Å². The molecule has 0 spiro atoms. The first kappa shape index (κ1) is 24.1. The van der Waals surface area contributed by atoms with Gasteiger partial charge in [-0.05, 0) is 66.4 Å². The van der Waals surface area contributed by atoms with Crippen molar-refractivity contribution in [2.24, 2.45) is 0 Å². The molecule has 1 aromatic heterocycles. The van der Waals surface area contributed by atoms with Crippen molar-refractivity contribution in [2.45, 2.75) is 39.3 Å². The monoisotopic (exact) mass is 475 g/mol. The van der Waals surface area contributed by atoms with Crippen LogP contribution in [0.25, 0.3) is 5.76 Å². The van der Waals surface area contributed by atoms with Crippen LogP contribution in [0.5, 0.6) is 11.5 Å². The van der Waals surface area contributed by atoms with E-state index in [0.29, 0.717) is 35.0 Å². The number of aliphatic hydroxyl groups is 1. The molecule has 1 saturated heterocycles. The molecule has 3 aromatic rings. The summed E-state index contributed by atoms with van der Waals surface area (Å²) in [4.78, 5) is 27.9. The lowest BCUT2D eigenvalue weighted by molar-refractivity contribution is -0.140. The Hall–Kier alpha value is -4.00. The van der Waals surface area contributed by atoms with Gasteiger partial charge >= 0.3 is 0 Å². The molecule has 182 valence electrons. The maximum Gasteiger partial charge on any atom is 0.296 e. The van der Waals surface area contributed by atoms with Crippen molar-refractivity contribution in [2.75, 3.05) is 13.7 Å². The molecule has 0 radical (unpaired) electrons. The summed E-state index contributed by atoms with van der Waals surface area (Å²) in [7, 11) is 1.59. The molecule has 1 aliphatic rings. The SMILES string of the molecule is CCOc1cccc(C2/C(=C(\O)c3ccc(OC)c(C(C)C)c3)C(=O)C(=O)N2Cc2ccco2)c1. The van der Waals surface area contributed by atoms with E-state index in [0.717, 1.165) is 5.56 Å². The number of nitrogens with zero attached hydrogens (tertiary/aromatic N) is 1. The van der Waals surface area contributed by atoms with Gasteiger partial charge in [0.05, 0.1) is 38.1 Å². The van der Waals surface area contributed by atoms with Gasteiger partial charge in [-0.2, -0.15) is 0 Å². The van der Waals surface area contributed by atoms with Crippen molar-refractivity contribution in [3.63, 3.8) is 0 Å². The van der Waals surface area contributed by atoms with Crippen LogP contribution < -0.4 is 9.47 Å². The summed E-state index contributed by atoms with van der Waals surface area (Å²) in [6.07, 6.45) is 1.52. The molecule has 1 fully saturated rings. The standard InChI is InChI=1S/C28H29NO6/c1-5-34-20-9-6-8-18(14-20)25-24(27(31)28(32)29(25)16-21-10-7-13-35-21)26(30)19-11-12-23(33-4)22(15-19)17(2)3/h6-15,17,25,30H,5,16H2,1-4H3/b26-24+. The van der Waals surface area contributed by atoms with Crippen molar-refractivity contribution >= 4 is 17.4 Å². The molecule has 2 heterocycles. The van der Waals surface area contributed by atoms with Gasteiger partial charge in [-0.25, -0.2) is 0 Å². The van der Waals surface area contributed by atoms with Crippen LogP contribution in [0.3, 0.4) is 0 Å². The van der Waals surface area contributed by atoms with Crippen LogP contribution in [0.15, 0.2) is 70.9 Å². The van der Waals surface area contributed by atoms with E-state index in [1.807, 2.05) is 32.9 Å². The fourth-order valence-corrected chi connectivity index (χ4v) is 4.39. The summed E-state index contributed by atoms with van der Waals surface area (Å²) in [5, 5.41) is 11.4. The number of benzene rings is 2. The summed E-state index contributed by atoms with van der Waals surface area (Å²) < 4.78 is 16.6. The molecular formula is C28H29NO6. The lowest BCUT2D eigenvalue weighted by Crippen LogP contribution is -2.29. The minimum atomic E-state index is -0.815. The first-order valence-electron chi connectivity index (χ1n) is 11.6. The third-order valence-corrected chi connectivity index (χ3v) is 6.06. The highest BCUT2D eigenvalue weighted by molar-refractivity contribution is 6.46. The first-order valence-corrected chi connectivity index (χ1v) is 11.6. The number of ketones is 1. The summed E-state index contributed by atoms with van der Waals surface area (Å²) >= 11 is 0. The summed E-state index contributed by atoms with van der Waals surface area (Å²) in [5.41, 5.74) is 2.00. The highest BCUT2D eigenvalue weighted by atomic mass is 16.5. The Morgan fingerprint density at radius 1 is 1.11 bits per heavy atom. The van der Waals surface area contributed by atoms with E-state index in [4.69, 9.17) is 13.9 Å². The number of carbonyl (C=O) groups is 2. The predicted octanol–water partition coefficient (Wildman–Crippen LogP) is 5.43. The van der Waals surface area contributed by atoms with E-state index in [9.17, 15) is 14.7 Å². The van der Waals surface area contributed by atoms with E-state index in [1.54, 1.807) is 49.6 Å². The zero-order valence-corrected chi connectivity index (χ0v) is 20.3. The third kappa shape index (κ3) is 4.67. The average Bonchev–Trinajstić information content (AvgIpc) is 3.46. The first-order chi connectivity index (χ1) is 16.8. The van der Waals surface area contributed by atoms with Crippen LogP contribution in [-0.2, 0) is 16.1 Å². The molecule has 35 heavy (non-hydrogen) atoms. The highest BCUT2D eigenvalue weighted by Crippen LogP contribution is 2.42. The molecule has 1 amide bonds. The molecule has 7 heteroatoms. The van der Waals surface area contributed by atoms with Crippen molar-refractivity contribution in [1.29, 1.82) is 0 Å². The number of aliphatic hydroxyl groups excluding tert-OH is 1. The highest BCUT2D eigenvalue weighted by Gasteiger charge is 2.46. The van der Waals surface area contributed by atoms with Crippen molar-refractivity contribution in [1.82, 2.24) is 4.90 Å². The maximum atomic E-state index is 13.3. The van der Waals surface area contributed by atoms with E-state index in [1.165, 1.54) is 11.2 Å². The number of rotatable bonds is 8. The fraction of sp³-hybridized carbons (Fsp3) is 0.286. The number of carbonyl (C=O) groups excluding carboxylic acids is 2. The van der Waals surface area contributed by atoms with Crippen LogP contribution in [0.1, 0.15) is 55.2 Å². The Morgan fingerprint density at radius 3 is 2.57 bits per heavy atom. The van der Waals surface area contributed by atoms with Gasteiger partial charge in [0.1, 0.15) is 23.0 Å². The lowest BCUT2D eigenvalue weighted by atomic mass is 9.93. The largest absolute Gasteiger partial charge is 0.507 e. The quantitative estimate of drug-likeness (QED) is 0.265. The van der Waals surface area contributed by atoms with Gasteiger partial charge in [0.2, 0.25) is 0 Å². The number of methoxy groups -OCH3 is 1. The van der Waals surface area contributed by atoms with Gasteiger partial charge < -0.3 is 23.9 Å². The normalized spacial score (nSPS) is 17.3. The summed E-state index contributed by atoms with van der Waals surface area (Å²) in [6, 6.07) is 15.1. The minimum absolute atomic E-state index is 0.0232. The zero-order valence-electron chi connectivity index (χ0n) is 20.3. The van der Waals surface area contributed by atoms with E-state index < -0.39 is 17.7 Å². The summed E-state index contributed by atoms with van der Waals surface area (Å²) in [5.74, 6) is 0.273. The van der Waals surface area contributed by atoms with Gasteiger partial charge in [-0.15, -0.1) is 0 Å². The van der Waals surface area contributed by atoms with Crippen LogP contribution >= 0.6 is 0 Å². The maximum absolute atomic E-state index is 13.3. The second-order valence-electron chi connectivity index (χ2n) is 8.62. The topological polar surface area (TPSA) is 89.2 Å². The molecule has 0 saturated carbocycles. The Kier molecular flexibility index (Phi) is 6.96. The smallest absolute Gasteiger partial charge is 0.296 e. The second-order valence-corrected chi connectivity index (χ2v) is 8.62. The second kappa shape index (κ2) is 10.1. The van der Waals surface area contributed by atoms with Crippen molar-refractivity contribution < 1.29 is 28.6 Å². The van der Waals surface area contributed by atoms with Gasteiger partial charge in [-0.3, -0.25) is 9.59 Å². The molecule has 7 nitrogen and oxygen atoms in total. The number of furan rings is 1. The molecule has 1 unspecified atom stereocenters. The van der Waals surface area contributed by atoms with Gasteiger partial charge in [0.25, 0.3) is 11.7 Å². The average molecular weight is 476 g/mol. The van der Waals surface area contributed by atoms with Gasteiger partial charge in [0.15, 0.2) is 0 Å². The van der Waals surface area contributed by atoms with Gasteiger partial charge in [-0.1, -0.05) is 26.0 Å². The van der Waals surface area contributed by atoms with Crippen LogP contribution in [0.2, 0.25) is 0 Å². The Bertz CT molecular complexity index is 1260. The molecule has 2 aromatic carbocycles. The van der Waals surface area contributed by atoms with E-state index in [2.05, 4.69) is 0 Å². The molecule has 0 bridgehead atoms. The van der Waals surface area contributed by atoms with E-state index >= 15 is 0 Å². The molecule has 1 N–H and O–H groups in total. The minimum Gasteiger partial charge on any atom is -0.507 e. The predicted molar refractivity (Wildman–Crippen MR) is 131 cm³/mol. The number of hydrogen-bond donors (Lipinski definition) is 1. The molecule has 1 atom stereocenters. The zero-order chi connectivity index (χ0) is 25.1. The summed E-state index contributed by atoms with van der Waals surface area (Å²) in [6.45, 7) is 6.47. The van der Waals surface area contributed by atoms with Crippen LogP contribution in [-0.4, -0.2) is 35.4 Å². The number of Topliss-reactive ketones (excluding diaryl/α,β-unsaturated/α-hetero) is 1. The number of ether oxygens (including phenoxy) is 2. The Balaban J connectivity index is 1.88. The van der Waals surface area contributed by atoms with Crippen molar-refractivity contribution in [3.8, 4) is 11.5 Å². The number of hydrogen-bond acceptors (Lipinski definition) is 6. The van der Waals surface area contributed by atoms with E-state index in [-0.39, 0.29) is 23.8 Å². The number of likely N-dealkylation sites (tertiary alicyclic amines) is 1. The van der Waals surface area contributed by atoms with Crippen LogP contribution in [0, 0.1) is 0 Å². The molecule has 1 aliphatic heterocycles. The number of amides is 1.